The van der Waals surface area contributed by atoms with Gasteiger partial charge in [-0.15, -0.1) is 0 Å². The standard InChI is InChI=1S/C39H50N4O15/c1-11-43(12-2)16-15-40-33(45)31-19(3)30(41-20(31)4)18-28-27-17-26(13-14-29(27)42-32(28)44)58-38(50)24(8)56-36(48)22(6)54-34(46)21(5)53-35(47)23(7)55-37(49)25(9)57-39(51)52-10/h13-14,17-18,21-25,41H,11-12,15-16H2,1-10H3,(H,40,45)(H,42,44)/b28-18-. The number of carbonyl (C=O) groups excluding carboxylic acids is 8. The fraction of sp³-hybridized carbons (Fsp3) is 0.487. The number of rotatable bonds is 18. The molecule has 2 amide bonds. The Balaban J connectivity index is 1.58. The number of likely N-dealkylation sites (N-methyl/N-ethyl adjacent to an activating group) is 1. The average Bonchev–Trinajstić information content (AvgIpc) is 3.64. The molecule has 2 heterocycles. The third kappa shape index (κ3) is 12.1. The van der Waals surface area contributed by atoms with Gasteiger partial charge in [0.15, 0.2) is 30.5 Å². The van der Waals surface area contributed by atoms with Gasteiger partial charge in [-0.25, -0.2) is 28.8 Å². The summed E-state index contributed by atoms with van der Waals surface area (Å²) in [7, 11) is 1.03. The number of fused-ring (bicyclic) bond motifs is 1. The predicted octanol–water partition coefficient (Wildman–Crippen LogP) is 3.00. The van der Waals surface area contributed by atoms with Crippen LogP contribution in [0.4, 0.5) is 10.5 Å². The normalized spacial score (nSPS) is 15.2. The molecule has 1 aromatic heterocycles. The topological polar surface area (TPSA) is 244 Å². The Kier molecular flexibility index (Phi) is 16.5. The molecule has 0 saturated carbocycles. The Morgan fingerprint density at radius 2 is 1.26 bits per heavy atom. The molecule has 0 bridgehead atoms. The largest absolute Gasteiger partial charge is 0.508 e. The maximum atomic E-state index is 13.1. The van der Waals surface area contributed by atoms with Crippen molar-refractivity contribution in [3.05, 3.63) is 46.3 Å². The van der Waals surface area contributed by atoms with Crippen molar-refractivity contribution in [2.75, 3.05) is 38.6 Å². The summed E-state index contributed by atoms with van der Waals surface area (Å²) in [4.78, 5) is 105. The number of aryl methyl sites for hydroxylation is 1. The number of esters is 5. The van der Waals surface area contributed by atoms with Gasteiger partial charge in [-0.1, -0.05) is 13.8 Å². The molecule has 5 atom stereocenters. The van der Waals surface area contributed by atoms with Crippen LogP contribution in [0.15, 0.2) is 18.2 Å². The van der Waals surface area contributed by atoms with Crippen LogP contribution in [0.1, 0.15) is 81.3 Å². The number of benzene rings is 1. The Hall–Kier alpha value is -6.24. The predicted molar refractivity (Wildman–Crippen MR) is 204 cm³/mol. The van der Waals surface area contributed by atoms with E-state index in [1.165, 1.54) is 32.0 Å². The zero-order valence-electron chi connectivity index (χ0n) is 34.1. The van der Waals surface area contributed by atoms with Crippen molar-refractivity contribution < 1.29 is 71.5 Å². The first-order chi connectivity index (χ1) is 27.3. The van der Waals surface area contributed by atoms with E-state index < -0.39 is 72.4 Å². The lowest BCUT2D eigenvalue weighted by Crippen LogP contribution is -2.38. The quantitative estimate of drug-likeness (QED) is 0.0848. The number of aromatic nitrogens is 1. The van der Waals surface area contributed by atoms with Crippen molar-refractivity contribution in [1.29, 1.82) is 0 Å². The Labute approximate surface area is 335 Å². The van der Waals surface area contributed by atoms with Gasteiger partial charge in [0.1, 0.15) is 5.75 Å². The molecule has 0 spiro atoms. The lowest BCUT2D eigenvalue weighted by molar-refractivity contribution is -0.185. The van der Waals surface area contributed by atoms with E-state index in [1.54, 1.807) is 19.9 Å². The highest BCUT2D eigenvalue weighted by Gasteiger charge is 2.32. The molecular weight excluding hydrogens is 764 g/mol. The van der Waals surface area contributed by atoms with Crippen LogP contribution in [-0.2, 0) is 57.2 Å². The number of hydrogen-bond acceptors (Lipinski definition) is 16. The number of hydrogen-bond donors (Lipinski definition) is 3. The molecule has 1 aliphatic rings. The minimum Gasteiger partial charge on any atom is -0.448 e. The second kappa shape index (κ2) is 20.8. The monoisotopic (exact) mass is 814 g/mol. The van der Waals surface area contributed by atoms with E-state index in [4.69, 9.17) is 23.7 Å². The molecular formula is C39H50N4O15. The smallest absolute Gasteiger partial charge is 0.448 e. The van der Waals surface area contributed by atoms with Gasteiger partial charge in [-0.05, 0) is 91.4 Å². The summed E-state index contributed by atoms with van der Waals surface area (Å²) in [6.45, 7) is 16.4. The summed E-state index contributed by atoms with van der Waals surface area (Å²) >= 11 is 0. The van der Waals surface area contributed by atoms with Crippen molar-refractivity contribution in [3.8, 4) is 5.75 Å². The van der Waals surface area contributed by atoms with Gasteiger partial charge in [0.25, 0.3) is 11.8 Å². The molecule has 0 fully saturated rings. The number of nitrogens with one attached hydrogen (secondary N) is 3. The summed E-state index contributed by atoms with van der Waals surface area (Å²) < 4.78 is 34.3. The van der Waals surface area contributed by atoms with E-state index in [0.717, 1.165) is 41.0 Å². The van der Waals surface area contributed by atoms with Gasteiger partial charge in [-0.3, -0.25) is 9.59 Å². The van der Waals surface area contributed by atoms with Crippen LogP contribution in [0, 0.1) is 13.8 Å². The summed E-state index contributed by atoms with van der Waals surface area (Å²) in [5.41, 5.74) is 3.42. The maximum absolute atomic E-state index is 13.1. The van der Waals surface area contributed by atoms with Crippen LogP contribution in [0.2, 0.25) is 0 Å². The molecule has 1 aromatic carbocycles. The van der Waals surface area contributed by atoms with Crippen LogP contribution in [0.3, 0.4) is 0 Å². The van der Waals surface area contributed by atoms with E-state index in [1.807, 2.05) is 0 Å². The molecule has 19 heteroatoms. The van der Waals surface area contributed by atoms with Crippen LogP contribution in [-0.4, -0.2) is 122 Å². The van der Waals surface area contributed by atoms with Gasteiger partial charge >= 0.3 is 36.0 Å². The Bertz CT molecular complexity index is 1930. The average molecular weight is 815 g/mol. The number of H-pyrrole nitrogens is 1. The van der Waals surface area contributed by atoms with E-state index in [0.29, 0.717) is 46.9 Å². The van der Waals surface area contributed by atoms with E-state index in [9.17, 15) is 38.4 Å². The van der Waals surface area contributed by atoms with Crippen LogP contribution in [0.5, 0.6) is 5.75 Å². The van der Waals surface area contributed by atoms with Crippen molar-refractivity contribution >= 4 is 65.2 Å². The zero-order chi connectivity index (χ0) is 43.4. The van der Waals surface area contributed by atoms with Gasteiger partial charge in [0.2, 0.25) is 0 Å². The molecule has 2 aromatic rings. The minimum absolute atomic E-state index is 0.0298. The lowest BCUT2D eigenvalue weighted by atomic mass is 10.0. The molecule has 1 aliphatic heterocycles. The molecule has 3 N–H and O–H groups in total. The Morgan fingerprint density at radius 3 is 1.76 bits per heavy atom. The molecule has 19 nitrogen and oxygen atoms in total. The lowest BCUT2D eigenvalue weighted by Gasteiger charge is -2.20. The van der Waals surface area contributed by atoms with Gasteiger partial charge < -0.3 is 53.7 Å². The van der Waals surface area contributed by atoms with E-state index >= 15 is 0 Å². The van der Waals surface area contributed by atoms with Crippen LogP contribution >= 0.6 is 0 Å². The highest BCUT2D eigenvalue weighted by Crippen LogP contribution is 2.36. The number of ether oxygens (including phenoxy) is 7. The molecule has 0 aliphatic carbocycles. The second-order valence-electron chi connectivity index (χ2n) is 13.1. The second-order valence-corrected chi connectivity index (χ2v) is 13.1. The summed E-state index contributed by atoms with van der Waals surface area (Å²) in [5.74, 6) is -6.12. The third-order valence-corrected chi connectivity index (χ3v) is 8.86. The summed E-state index contributed by atoms with van der Waals surface area (Å²) in [6.07, 6.45) is -7.05. The van der Waals surface area contributed by atoms with E-state index in [2.05, 4.69) is 43.8 Å². The van der Waals surface area contributed by atoms with Crippen molar-refractivity contribution in [2.45, 2.75) is 92.8 Å². The number of aromatic amines is 1. The Morgan fingerprint density at radius 1 is 0.759 bits per heavy atom. The third-order valence-electron chi connectivity index (χ3n) is 8.86. The first kappa shape index (κ1) is 46.1. The molecule has 0 radical (unpaired) electrons. The zero-order valence-corrected chi connectivity index (χ0v) is 34.1. The highest BCUT2D eigenvalue weighted by molar-refractivity contribution is 6.35. The number of anilines is 1. The number of methoxy groups -OCH3 is 1. The van der Waals surface area contributed by atoms with E-state index in [-0.39, 0.29) is 17.2 Å². The van der Waals surface area contributed by atoms with Gasteiger partial charge in [0.05, 0.1) is 18.2 Å². The molecule has 58 heavy (non-hydrogen) atoms. The first-order valence-corrected chi connectivity index (χ1v) is 18.5. The number of nitrogens with zero attached hydrogens (tertiary/aromatic N) is 1. The van der Waals surface area contributed by atoms with Crippen molar-refractivity contribution in [3.63, 3.8) is 0 Å². The fourth-order valence-corrected chi connectivity index (χ4v) is 5.45. The number of carbonyl (C=O) groups is 8. The van der Waals surface area contributed by atoms with Gasteiger partial charge in [-0.2, -0.15) is 0 Å². The SMILES string of the molecule is CCN(CC)CCNC(=O)c1c(C)[nH]c(/C=C2\C(=O)Nc3ccc(OC(=O)C(C)OC(=O)C(C)OC(=O)C(C)OC(=O)C(C)OC(=O)C(C)OC(=O)OC)cc32)c1C. The highest BCUT2D eigenvalue weighted by atomic mass is 16.7. The maximum Gasteiger partial charge on any atom is 0.508 e. The summed E-state index contributed by atoms with van der Waals surface area (Å²) in [6, 6.07) is 4.43. The van der Waals surface area contributed by atoms with Crippen LogP contribution < -0.4 is 15.4 Å². The molecule has 0 saturated heterocycles. The summed E-state index contributed by atoms with van der Waals surface area (Å²) in [5, 5.41) is 5.71. The van der Waals surface area contributed by atoms with Crippen LogP contribution in [0.25, 0.3) is 11.6 Å². The van der Waals surface area contributed by atoms with Crippen molar-refractivity contribution in [2.24, 2.45) is 0 Å². The molecule has 316 valence electrons. The van der Waals surface area contributed by atoms with Crippen molar-refractivity contribution in [1.82, 2.24) is 15.2 Å². The fourth-order valence-electron chi connectivity index (χ4n) is 5.45. The molecule has 5 unspecified atom stereocenters. The minimum atomic E-state index is -1.56. The number of amides is 2. The first-order valence-electron chi connectivity index (χ1n) is 18.5. The molecule has 3 rings (SSSR count). The van der Waals surface area contributed by atoms with Gasteiger partial charge in [0, 0.05) is 35.7 Å².